The van der Waals surface area contributed by atoms with Crippen molar-refractivity contribution in [3.8, 4) is 0 Å². The van der Waals surface area contributed by atoms with Gasteiger partial charge in [0.2, 0.25) is 0 Å². The van der Waals surface area contributed by atoms with Crippen LogP contribution in [0.15, 0.2) is 59.7 Å². The Morgan fingerprint density at radius 1 is 1.11 bits per heavy atom. The average molecular weight is 490 g/mol. The topological polar surface area (TPSA) is 107 Å². The van der Waals surface area contributed by atoms with E-state index in [1.165, 1.54) is 17.5 Å². The molecule has 0 bridgehead atoms. The molecule has 0 radical (unpaired) electrons. The van der Waals surface area contributed by atoms with E-state index in [-0.39, 0.29) is 11.9 Å². The molecule has 1 unspecified atom stereocenters. The van der Waals surface area contributed by atoms with Crippen molar-refractivity contribution in [2.75, 3.05) is 31.1 Å². The predicted molar refractivity (Wildman–Crippen MR) is 136 cm³/mol. The summed E-state index contributed by atoms with van der Waals surface area (Å²) in [4.78, 5) is 36.4. The van der Waals surface area contributed by atoms with E-state index in [0.717, 1.165) is 50.8 Å². The summed E-state index contributed by atoms with van der Waals surface area (Å²) in [5.74, 6) is 0.847. The van der Waals surface area contributed by atoms with E-state index in [0.29, 0.717) is 30.3 Å². The highest BCUT2D eigenvalue weighted by atomic mass is 16.7. The largest absolute Gasteiger partial charge is 0.511 e. The van der Waals surface area contributed by atoms with Crippen LogP contribution in [0.2, 0.25) is 0 Å². The summed E-state index contributed by atoms with van der Waals surface area (Å²) in [6.45, 7) is 3.06. The zero-order valence-corrected chi connectivity index (χ0v) is 20.2. The molecule has 1 aliphatic carbocycles. The molecule has 1 aromatic heterocycles. The molecule has 2 aliphatic heterocycles. The molecule has 9 nitrogen and oxygen atoms in total. The minimum absolute atomic E-state index is 0.0307. The van der Waals surface area contributed by atoms with E-state index < -0.39 is 6.16 Å². The quantitative estimate of drug-likeness (QED) is 0.567. The number of rotatable bonds is 7. The maximum atomic E-state index is 12.9. The minimum Gasteiger partial charge on any atom is -0.449 e. The molecule has 2 N–H and O–H groups in total. The molecule has 1 fully saturated rings. The fraction of sp³-hybridized carbons (Fsp3) is 0.407. The third-order valence-electron chi connectivity index (χ3n) is 7.33. The highest BCUT2D eigenvalue weighted by Gasteiger charge is 2.30. The van der Waals surface area contributed by atoms with Gasteiger partial charge < -0.3 is 25.0 Å². The highest BCUT2D eigenvalue weighted by Crippen LogP contribution is 2.37. The van der Waals surface area contributed by atoms with Gasteiger partial charge in [0.15, 0.2) is 0 Å². The number of aromatic nitrogens is 1. The van der Waals surface area contributed by atoms with Crippen molar-refractivity contribution < 1.29 is 19.4 Å². The standard InChI is InChI=1S/C27H31N5O4/c33-26(30-12-5-19-8-13-31(14-9-19)22-6-10-28-11-7-22)21-2-1-20-3-4-25(24(20)15-21)32-17-23(16-29-18-32)36-27(34)35/h1-2,6-7,10-11,15-16,18-19,25H,3-5,8-9,12-14,17H2,(H,30,33)(H,34,35). The second-order valence-corrected chi connectivity index (χ2v) is 9.55. The zero-order valence-electron chi connectivity index (χ0n) is 20.2. The molecule has 0 spiro atoms. The first-order chi connectivity index (χ1) is 17.6. The maximum absolute atomic E-state index is 12.9. The number of nitrogens with one attached hydrogen (secondary N) is 1. The van der Waals surface area contributed by atoms with Crippen molar-refractivity contribution >= 4 is 24.1 Å². The Balaban J connectivity index is 1.12. The molecule has 5 rings (SSSR count). The van der Waals surface area contributed by atoms with E-state index in [9.17, 15) is 9.59 Å². The maximum Gasteiger partial charge on any atom is 0.511 e. The van der Waals surface area contributed by atoms with Crippen LogP contribution < -0.4 is 10.2 Å². The number of aliphatic imine (C=N–C) groups is 1. The number of amides is 1. The monoisotopic (exact) mass is 489 g/mol. The number of carbonyl (C=O) groups excluding carboxylic acids is 1. The van der Waals surface area contributed by atoms with Gasteiger partial charge in [-0.25, -0.2) is 9.79 Å². The van der Waals surface area contributed by atoms with Crippen LogP contribution in [0.1, 0.15) is 53.2 Å². The van der Waals surface area contributed by atoms with Gasteiger partial charge in [-0.3, -0.25) is 9.78 Å². The Labute approximate surface area is 210 Å². The molecule has 2 aromatic rings. The van der Waals surface area contributed by atoms with Gasteiger partial charge in [-0.1, -0.05) is 6.07 Å². The van der Waals surface area contributed by atoms with Crippen LogP contribution in [0, 0.1) is 5.92 Å². The van der Waals surface area contributed by atoms with Crippen molar-refractivity contribution in [3.63, 3.8) is 0 Å². The summed E-state index contributed by atoms with van der Waals surface area (Å²) >= 11 is 0. The SMILES string of the molecule is O=C(O)OC1=CN=CN(C2CCc3ccc(C(=O)NCCC4CCN(c5ccncc5)CC4)cc32)C1. The van der Waals surface area contributed by atoms with Crippen molar-refractivity contribution in [1.82, 2.24) is 15.2 Å². The van der Waals surface area contributed by atoms with E-state index >= 15 is 0 Å². The Kier molecular flexibility index (Phi) is 7.16. The first-order valence-corrected chi connectivity index (χ1v) is 12.5. The third-order valence-corrected chi connectivity index (χ3v) is 7.33. The van der Waals surface area contributed by atoms with E-state index in [1.54, 1.807) is 6.34 Å². The number of aryl methyl sites for hydroxylation is 1. The van der Waals surface area contributed by atoms with Gasteiger partial charge in [0.1, 0.15) is 5.76 Å². The van der Waals surface area contributed by atoms with Gasteiger partial charge in [0.05, 0.1) is 25.1 Å². The van der Waals surface area contributed by atoms with Crippen LogP contribution in [-0.2, 0) is 11.2 Å². The van der Waals surface area contributed by atoms with E-state index in [2.05, 4.69) is 32.3 Å². The second-order valence-electron chi connectivity index (χ2n) is 9.55. The number of nitrogens with zero attached hydrogens (tertiary/aromatic N) is 4. The Hall–Kier alpha value is -3.88. The predicted octanol–water partition coefficient (Wildman–Crippen LogP) is 3.99. The van der Waals surface area contributed by atoms with Crippen LogP contribution >= 0.6 is 0 Å². The number of ether oxygens (including phenoxy) is 1. The number of benzene rings is 1. The molecule has 188 valence electrons. The molecule has 1 atom stereocenters. The molecule has 3 heterocycles. The Morgan fingerprint density at radius 2 is 1.92 bits per heavy atom. The number of fused-ring (bicyclic) bond motifs is 1. The summed E-state index contributed by atoms with van der Waals surface area (Å²) in [6.07, 6.45) is 10.5. The first-order valence-electron chi connectivity index (χ1n) is 12.5. The fourth-order valence-corrected chi connectivity index (χ4v) is 5.42. The summed E-state index contributed by atoms with van der Waals surface area (Å²) in [5, 5.41) is 12.0. The van der Waals surface area contributed by atoms with E-state index in [1.807, 2.05) is 35.5 Å². The van der Waals surface area contributed by atoms with Crippen LogP contribution in [0.3, 0.4) is 0 Å². The molecule has 0 saturated carbocycles. The number of hydrogen-bond acceptors (Lipinski definition) is 7. The van der Waals surface area contributed by atoms with Crippen molar-refractivity contribution in [2.24, 2.45) is 10.9 Å². The molecular weight excluding hydrogens is 458 g/mol. The summed E-state index contributed by atoms with van der Waals surface area (Å²) in [7, 11) is 0. The summed E-state index contributed by atoms with van der Waals surface area (Å²) < 4.78 is 4.81. The Bertz CT molecular complexity index is 1160. The van der Waals surface area contributed by atoms with Crippen molar-refractivity contribution in [1.29, 1.82) is 0 Å². The van der Waals surface area contributed by atoms with Crippen molar-refractivity contribution in [3.05, 3.63) is 71.4 Å². The van der Waals surface area contributed by atoms with E-state index in [4.69, 9.17) is 9.84 Å². The summed E-state index contributed by atoms with van der Waals surface area (Å²) in [5.41, 5.74) is 4.18. The van der Waals surface area contributed by atoms with Crippen molar-refractivity contribution in [2.45, 2.75) is 38.1 Å². The minimum atomic E-state index is -1.34. The number of carbonyl (C=O) groups is 2. The number of hydrogen-bond donors (Lipinski definition) is 2. The van der Waals surface area contributed by atoms with Crippen LogP contribution in [0.5, 0.6) is 0 Å². The number of pyridine rings is 1. The third kappa shape index (κ3) is 5.50. The molecule has 36 heavy (non-hydrogen) atoms. The molecule has 1 saturated heterocycles. The van der Waals surface area contributed by atoms with Gasteiger partial charge in [-0.15, -0.1) is 0 Å². The first kappa shape index (κ1) is 23.8. The van der Waals surface area contributed by atoms with Crippen LogP contribution in [0.4, 0.5) is 10.5 Å². The molecule has 1 amide bonds. The zero-order chi connectivity index (χ0) is 24.9. The van der Waals surface area contributed by atoms with Gasteiger partial charge >= 0.3 is 6.16 Å². The average Bonchev–Trinajstić information content (AvgIpc) is 3.33. The van der Waals surface area contributed by atoms with Crippen LogP contribution in [0.25, 0.3) is 0 Å². The number of anilines is 1. The molecule has 9 heteroatoms. The van der Waals surface area contributed by atoms with Gasteiger partial charge in [-0.05, 0) is 73.4 Å². The van der Waals surface area contributed by atoms with Gasteiger partial charge in [0.25, 0.3) is 5.91 Å². The van der Waals surface area contributed by atoms with Crippen LogP contribution in [-0.4, -0.2) is 59.6 Å². The number of piperidine rings is 1. The van der Waals surface area contributed by atoms with Gasteiger partial charge in [0, 0.05) is 43.3 Å². The normalized spacial score (nSPS) is 19.6. The Morgan fingerprint density at radius 3 is 2.69 bits per heavy atom. The lowest BCUT2D eigenvalue weighted by Crippen LogP contribution is -2.35. The lowest BCUT2D eigenvalue weighted by Gasteiger charge is -2.33. The highest BCUT2D eigenvalue weighted by molar-refractivity contribution is 5.94. The molecule has 3 aliphatic rings. The second kappa shape index (κ2) is 10.8. The molecular formula is C27H31N5O4. The lowest BCUT2D eigenvalue weighted by atomic mass is 9.93. The lowest BCUT2D eigenvalue weighted by molar-refractivity contribution is 0.0949. The molecule has 1 aromatic carbocycles. The fourth-order valence-electron chi connectivity index (χ4n) is 5.42. The summed E-state index contributed by atoms with van der Waals surface area (Å²) in [6, 6.07) is 10.0. The van der Waals surface area contributed by atoms with Gasteiger partial charge in [-0.2, -0.15) is 0 Å². The smallest absolute Gasteiger partial charge is 0.449 e. The number of carboxylic acid groups (broad SMARTS) is 1.